The van der Waals surface area contributed by atoms with Crippen molar-refractivity contribution in [2.24, 2.45) is 31.3 Å². The van der Waals surface area contributed by atoms with Crippen LogP contribution in [0.4, 0.5) is 21.0 Å². The van der Waals surface area contributed by atoms with Crippen molar-refractivity contribution in [2.45, 2.75) is 57.5 Å². The summed E-state index contributed by atoms with van der Waals surface area (Å²) in [6.07, 6.45) is 12.8. The van der Waals surface area contributed by atoms with Gasteiger partial charge in [-0.05, 0) is 79.5 Å². The molecule has 0 bridgehead atoms. The number of amides is 2. The first kappa shape index (κ1) is 26.3. The number of nitrogens with zero attached hydrogens (tertiary/aromatic N) is 2. The van der Waals surface area contributed by atoms with E-state index in [0.29, 0.717) is 29.2 Å². The molecule has 8 heteroatoms. The average Bonchev–Trinajstić information content (AvgIpc) is 3.26. The lowest BCUT2D eigenvalue weighted by molar-refractivity contribution is -0.671. The molecule has 2 fully saturated rings. The monoisotopic (exact) mass is 542 g/mol. The van der Waals surface area contributed by atoms with Crippen LogP contribution in [-0.4, -0.2) is 18.3 Å². The molecule has 2 N–H and O–H groups in total. The van der Waals surface area contributed by atoms with E-state index >= 15 is 0 Å². The van der Waals surface area contributed by atoms with Gasteiger partial charge in [0.2, 0.25) is 0 Å². The minimum absolute atomic E-state index is 0.00520. The molecule has 2 saturated carbocycles. The van der Waals surface area contributed by atoms with Crippen molar-refractivity contribution in [1.82, 2.24) is 0 Å². The summed E-state index contributed by atoms with van der Waals surface area (Å²) in [4.78, 5) is 25.2. The summed E-state index contributed by atoms with van der Waals surface area (Å²) < 4.78 is 15.5. The summed E-state index contributed by atoms with van der Waals surface area (Å²) in [6, 6.07) is 13.5. The summed E-state index contributed by atoms with van der Waals surface area (Å²) in [5.41, 5.74) is 4.10. The van der Waals surface area contributed by atoms with E-state index in [1.807, 2.05) is 84.4 Å². The van der Waals surface area contributed by atoms with Gasteiger partial charge in [0.05, 0.1) is 11.4 Å². The first-order chi connectivity index (χ1) is 19.3. The Morgan fingerprint density at radius 3 is 2.17 bits per heavy atom. The van der Waals surface area contributed by atoms with Crippen molar-refractivity contribution in [3.05, 3.63) is 78.4 Å². The van der Waals surface area contributed by atoms with Crippen LogP contribution in [0.25, 0.3) is 0 Å². The zero-order valence-corrected chi connectivity index (χ0v) is 23.4. The summed E-state index contributed by atoms with van der Waals surface area (Å²) >= 11 is 0. The van der Waals surface area contributed by atoms with Crippen molar-refractivity contribution < 1.29 is 28.2 Å². The Hall–Kier alpha value is -3.94. The maximum absolute atomic E-state index is 12.8. The van der Waals surface area contributed by atoms with E-state index in [0.717, 1.165) is 44.2 Å². The summed E-state index contributed by atoms with van der Waals surface area (Å²) in [5, 5.41) is 5.69. The molecule has 3 aliphatic rings. The molecule has 5 atom stereocenters. The number of hydrogen-bond acceptors (Lipinski definition) is 4. The molecule has 3 aromatic rings. The fourth-order valence-electron chi connectivity index (χ4n) is 7.46. The van der Waals surface area contributed by atoms with Gasteiger partial charge in [-0.25, -0.2) is 18.7 Å². The van der Waals surface area contributed by atoms with Gasteiger partial charge in [0.15, 0.2) is 24.8 Å². The molecule has 0 spiro atoms. The Bertz CT molecular complexity index is 1410. The van der Waals surface area contributed by atoms with Crippen molar-refractivity contribution in [2.75, 3.05) is 10.6 Å². The topological polar surface area (TPSA) is 84.4 Å². The number of aromatic nitrogens is 2. The van der Waals surface area contributed by atoms with E-state index in [1.54, 1.807) is 0 Å². The molecule has 208 valence electrons. The normalized spacial score (nSPS) is 26.6. The lowest BCUT2D eigenvalue weighted by atomic mass is 9.55. The van der Waals surface area contributed by atoms with Crippen LogP contribution < -0.4 is 24.5 Å². The maximum atomic E-state index is 12.8. The molecule has 2 aromatic heterocycles. The third-order valence-electron chi connectivity index (χ3n) is 9.52. The van der Waals surface area contributed by atoms with E-state index in [1.165, 1.54) is 11.1 Å². The average molecular weight is 543 g/mol. The number of hydrogen-bond donors (Lipinski definition) is 2. The smallest absolute Gasteiger partial charge is 0.417 e. The zero-order chi connectivity index (χ0) is 27.9. The Morgan fingerprint density at radius 2 is 1.50 bits per heavy atom. The molecule has 1 aromatic carbocycles. The van der Waals surface area contributed by atoms with Crippen LogP contribution in [0.2, 0.25) is 0 Å². The number of carbonyl (C=O) groups is 2. The highest BCUT2D eigenvalue weighted by molar-refractivity contribution is 5.86. The molecule has 0 aliphatic heterocycles. The Balaban J connectivity index is 1.10. The fourth-order valence-corrected chi connectivity index (χ4v) is 7.46. The summed E-state index contributed by atoms with van der Waals surface area (Å²) in [5.74, 6) is 2.17. The van der Waals surface area contributed by atoms with Gasteiger partial charge in [0.1, 0.15) is 25.9 Å². The lowest BCUT2D eigenvalue weighted by Crippen LogP contribution is -2.45. The molecule has 3 aliphatic carbocycles. The van der Waals surface area contributed by atoms with Crippen LogP contribution in [0.5, 0.6) is 5.75 Å². The number of benzene rings is 1. The number of fused-ring (bicyclic) bond motifs is 5. The summed E-state index contributed by atoms with van der Waals surface area (Å²) in [7, 11) is 3.87. The van der Waals surface area contributed by atoms with Gasteiger partial charge in [0, 0.05) is 29.7 Å². The van der Waals surface area contributed by atoms with Crippen molar-refractivity contribution in [3.8, 4) is 5.75 Å². The first-order valence-corrected chi connectivity index (χ1v) is 14.3. The highest BCUT2D eigenvalue weighted by Crippen LogP contribution is 2.61. The minimum atomic E-state index is -0.488. The number of ether oxygens (including phenoxy) is 2. The molecule has 8 nitrogen and oxygen atoms in total. The third-order valence-corrected chi connectivity index (χ3v) is 9.52. The number of pyridine rings is 2. The van der Waals surface area contributed by atoms with Crippen LogP contribution in [0.1, 0.15) is 56.1 Å². The SMILES string of the molecule is C[n+]1ccc(NC(=O)Oc2ccc3c(c2)CC[C@@H]2[C@@H]3CC[C@]3(C)[C@@H](OC(=O)Nc4cc[n+](C)cc4)CC[C@@H]23)cc1. The maximum Gasteiger partial charge on any atom is 0.417 e. The standard InChI is InChI=1S/C32H36N4O4/c1-32-15-10-26-25-7-5-24(39-30(37)33-22-11-16-35(2)17-12-22)20-21(25)4-6-27(26)28(32)8-9-29(32)40-31(38)34-23-13-18-36(3)19-14-23/h5,7,11-14,16-20,26-29H,4,6,8-10,15H2,1-3H3/p+2/t26-,27-,28+,29+,32+/m1/s1. The van der Waals surface area contributed by atoms with E-state index in [9.17, 15) is 9.59 Å². The first-order valence-electron chi connectivity index (χ1n) is 14.3. The Labute approximate surface area is 235 Å². The molecule has 2 amide bonds. The number of nitrogens with one attached hydrogen (secondary N) is 2. The predicted molar refractivity (Wildman–Crippen MR) is 150 cm³/mol. The van der Waals surface area contributed by atoms with E-state index < -0.39 is 6.09 Å². The predicted octanol–water partition coefficient (Wildman–Crippen LogP) is 5.42. The minimum Gasteiger partial charge on any atom is -0.445 e. The van der Waals surface area contributed by atoms with Gasteiger partial charge in [-0.3, -0.25) is 10.6 Å². The van der Waals surface area contributed by atoms with Gasteiger partial charge in [0.25, 0.3) is 0 Å². The van der Waals surface area contributed by atoms with Gasteiger partial charge < -0.3 is 9.47 Å². The molecule has 6 rings (SSSR count). The van der Waals surface area contributed by atoms with Crippen LogP contribution >= 0.6 is 0 Å². The molecule has 2 heterocycles. The zero-order valence-electron chi connectivity index (χ0n) is 23.4. The van der Waals surface area contributed by atoms with Crippen molar-refractivity contribution >= 4 is 23.6 Å². The van der Waals surface area contributed by atoms with Crippen LogP contribution in [0.3, 0.4) is 0 Å². The highest BCUT2D eigenvalue weighted by Gasteiger charge is 2.56. The van der Waals surface area contributed by atoms with Crippen LogP contribution in [0.15, 0.2) is 67.3 Å². The van der Waals surface area contributed by atoms with Crippen molar-refractivity contribution in [3.63, 3.8) is 0 Å². The quantitative estimate of drug-likeness (QED) is 0.431. The fraction of sp³-hybridized carbons (Fsp3) is 0.438. The van der Waals surface area contributed by atoms with Gasteiger partial charge >= 0.3 is 12.2 Å². The second-order valence-corrected chi connectivity index (χ2v) is 11.9. The lowest BCUT2D eigenvalue weighted by Gasteiger charge is -2.50. The molecule has 40 heavy (non-hydrogen) atoms. The number of aryl methyl sites for hydroxylation is 3. The molecular formula is C32H38N4O4+2. The van der Waals surface area contributed by atoms with Gasteiger partial charge in [-0.1, -0.05) is 13.0 Å². The molecule has 0 unspecified atom stereocenters. The Kier molecular flexibility index (Phi) is 6.94. The number of carbonyl (C=O) groups excluding carboxylic acids is 2. The second kappa shape index (κ2) is 10.6. The van der Waals surface area contributed by atoms with Crippen molar-refractivity contribution in [1.29, 1.82) is 0 Å². The molecule has 0 saturated heterocycles. The van der Waals surface area contributed by atoms with E-state index in [2.05, 4.69) is 23.6 Å². The van der Waals surface area contributed by atoms with Crippen LogP contribution in [0, 0.1) is 17.3 Å². The molecule has 0 radical (unpaired) electrons. The number of rotatable bonds is 4. The van der Waals surface area contributed by atoms with Gasteiger partial charge in [-0.2, -0.15) is 0 Å². The Morgan fingerprint density at radius 1 is 0.850 bits per heavy atom. The second-order valence-electron chi connectivity index (χ2n) is 11.9. The number of anilines is 2. The van der Waals surface area contributed by atoms with E-state index in [4.69, 9.17) is 9.47 Å². The van der Waals surface area contributed by atoms with Crippen LogP contribution in [-0.2, 0) is 25.3 Å². The summed E-state index contributed by atoms with van der Waals surface area (Å²) in [6.45, 7) is 2.33. The largest absolute Gasteiger partial charge is 0.445 e. The highest BCUT2D eigenvalue weighted by atomic mass is 16.6. The molecular weight excluding hydrogens is 504 g/mol. The van der Waals surface area contributed by atoms with Gasteiger partial charge in [-0.15, -0.1) is 0 Å². The van der Waals surface area contributed by atoms with E-state index in [-0.39, 0.29) is 17.6 Å². The third kappa shape index (κ3) is 5.15.